The topological polar surface area (TPSA) is 130 Å². The minimum atomic E-state index is -0.388. The number of esters is 2. The van der Waals surface area contributed by atoms with Crippen molar-refractivity contribution in [2.45, 2.75) is 168 Å². The summed E-state index contributed by atoms with van der Waals surface area (Å²) in [6.07, 6.45) is 20.1. The van der Waals surface area contributed by atoms with Gasteiger partial charge in [-0.05, 0) is 144 Å². The Hall–Kier alpha value is -2.03. The normalized spacial score (nSPS) is 48.6. The zero-order valence-corrected chi connectivity index (χ0v) is 31.8. The number of aliphatic hydroxyl groups is 3. The number of aliphatic hydroxyl groups excluding tert-OH is 3. The van der Waals surface area contributed by atoms with E-state index in [0.29, 0.717) is 41.9 Å². The van der Waals surface area contributed by atoms with Crippen LogP contribution in [0.1, 0.15) is 137 Å². The molecular weight excluding hydrogens is 644 g/mol. The molecule has 15 atom stereocenters. The van der Waals surface area contributed by atoms with E-state index in [0.717, 1.165) is 96.3 Å². The molecule has 284 valence electrons. The summed E-state index contributed by atoms with van der Waals surface area (Å²) < 4.78 is 11.2. The Balaban J connectivity index is 0.000000162. The van der Waals surface area contributed by atoms with E-state index in [1.54, 1.807) is 0 Å². The largest absolute Gasteiger partial charge is 0.462 e. The lowest BCUT2D eigenvalue weighted by molar-refractivity contribution is -0.157. The van der Waals surface area contributed by atoms with Crippen LogP contribution >= 0.6 is 0 Å². The highest BCUT2D eigenvalue weighted by atomic mass is 16.5. The third-order valence-electron chi connectivity index (χ3n) is 16.8. The first-order chi connectivity index (χ1) is 24.2. The second kappa shape index (κ2) is 13.7. The smallest absolute Gasteiger partial charge is 0.302 e. The molecule has 8 aliphatic rings. The van der Waals surface area contributed by atoms with Gasteiger partial charge in [-0.15, -0.1) is 0 Å². The van der Waals surface area contributed by atoms with Gasteiger partial charge in [0.25, 0.3) is 0 Å². The maximum absolute atomic E-state index is 12.5. The molecule has 6 saturated carbocycles. The van der Waals surface area contributed by atoms with Crippen LogP contribution in [0.5, 0.6) is 0 Å². The van der Waals surface area contributed by atoms with Crippen LogP contribution in [-0.4, -0.2) is 64.1 Å². The standard InChI is InChI=1S/C23H32O5.C20H32O3/c1-14(25)27-17-8-11-23(13-24)16(12-17)4-5-18-19-6-7-21(28-15(2)26)22(19,3)10-9-20(18)23;1-12(21)20-10-7-14(22)11-13(20)3-4-15-16-5-6-18(23)19(16,2)9-8-17(15)20/h4,13,17-21H,5-12H2,1-3H3;3,12,14-18,21-23H,4-11H2,1-2H3/t17-,18?,19?,20?,21-,22-,23+;12?,14-,15?,16?,17?,18-,19-,20+/m00/s1. The third kappa shape index (κ3) is 5.91. The average molecular weight is 709 g/mol. The summed E-state index contributed by atoms with van der Waals surface area (Å²) in [5, 5.41) is 31.4. The maximum Gasteiger partial charge on any atom is 0.302 e. The van der Waals surface area contributed by atoms with Gasteiger partial charge in [-0.3, -0.25) is 9.59 Å². The molecular formula is C43H64O8. The molecule has 3 N–H and O–H groups in total. The van der Waals surface area contributed by atoms with Gasteiger partial charge >= 0.3 is 11.9 Å². The molecule has 0 aromatic carbocycles. The van der Waals surface area contributed by atoms with Gasteiger partial charge in [-0.2, -0.15) is 0 Å². The van der Waals surface area contributed by atoms with Crippen molar-refractivity contribution < 1.29 is 39.2 Å². The van der Waals surface area contributed by atoms with Crippen molar-refractivity contribution >= 4 is 18.2 Å². The lowest BCUT2D eigenvalue weighted by atomic mass is 9.46. The molecule has 8 heteroatoms. The minimum absolute atomic E-state index is 0.00760. The molecule has 0 aliphatic heterocycles. The Morgan fingerprint density at radius 2 is 1.37 bits per heavy atom. The van der Waals surface area contributed by atoms with E-state index in [1.807, 2.05) is 6.92 Å². The summed E-state index contributed by atoms with van der Waals surface area (Å²) in [4.78, 5) is 35.4. The zero-order chi connectivity index (χ0) is 36.5. The molecule has 51 heavy (non-hydrogen) atoms. The Labute approximate surface area is 305 Å². The number of carbonyl (C=O) groups excluding carboxylic acids is 3. The summed E-state index contributed by atoms with van der Waals surface area (Å²) in [6, 6.07) is 0. The van der Waals surface area contributed by atoms with Gasteiger partial charge in [0.15, 0.2) is 0 Å². The highest BCUT2D eigenvalue weighted by Gasteiger charge is 2.62. The molecule has 0 bridgehead atoms. The SMILES string of the molecule is CC(=O)O[C@H]1CC[C@@]2(C=O)C(=CCC3C2CC[C@@]2(C)C3CC[C@@H]2OC(C)=O)C1.CC(O)[C@]12CC[C@H](O)CC1=CCC1C2CC[C@@]2(C)C1CC[C@@H]2O. The Morgan fingerprint density at radius 1 is 0.745 bits per heavy atom. The lowest BCUT2D eigenvalue weighted by Crippen LogP contribution is -2.55. The first-order valence-electron chi connectivity index (χ1n) is 20.4. The fraction of sp³-hybridized carbons (Fsp3) is 0.837. The number of rotatable bonds is 4. The van der Waals surface area contributed by atoms with Gasteiger partial charge < -0.3 is 29.6 Å². The fourth-order valence-electron chi connectivity index (χ4n) is 14.3. The van der Waals surface area contributed by atoms with Crippen LogP contribution in [0.4, 0.5) is 0 Å². The van der Waals surface area contributed by atoms with Crippen LogP contribution in [0.2, 0.25) is 0 Å². The van der Waals surface area contributed by atoms with Crippen molar-refractivity contribution in [3.8, 4) is 0 Å². The molecule has 0 radical (unpaired) electrons. The Morgan fingerprint density at radius 3 is 2.06 bits per heavy atom. The predicted molar refractivity (Wildman–Crippen MR) is 193 cm³/mol. The summed E-state index contributed by atoms with van der Waals surface area (Å²) in [6.45, 7) is 9.50. The number of hydrogen-bond acceptors (Lipinski definition) is 8. The van der Waals surface area contributed by atoms with E-state index in [-0.39, 0.29) is 64.1 Å². The molecule has 8 rings (SSSR count). The van der Waals surface area contributed by atoms with Gasteiger partial charge in [0.05, 0.1) is 23.7 Å². The maximum atomic E-state index is 12.5. The number of aldehydes is 1. The average Bonchev–Trinajstić information content (AvgIpc) is 3.58. The number of fused-ring (bicyclic) bond motifs is 10. The van der Waals surface area contributed by atoms with Gasteiger partial charge in [0.2, 0.25) is 0 Å². The van der Waals surface area contributed by atoms with E-state index < -0.39 is 0 Å². The fourth-order valence-corrected chi connectivity index (χ4v) is 14.3. The first kappa shape index (κ1) is 37.3. The minimum Gasteiger partial charge on any atom is -0.462 e. The number of carbonyl (C=O) groups is 3. The number of ether oxygens (including phenoxy) is 2. The second-order valence-electron chi connectivity index (χ2n) is 18.8. The van der Waals surface area contributed by atoms with Crippen LogP contribution in [0, 0.1) is 57.2 Å². The van der Waals surface area contributed by atoms with Crippen LogP contribution in [0.3, 0.4) is 0 Å². The van der Waals surface area contributed by atoms with Crippen LogP contribution in [0.15, 0.2) is 23.3 Å². The van der Waals surface area contributed by atoms with E-state index >= 15 is 0 Å². The highest BCUT2D eigenvalue weighted by Crippen LogP contribution is 2.67. The van der Waals surface area contributed by atoms with Crippen LogP contribution in [-0.2, 0) is 23.9 Å². The van der Waals surface area contributed by atoms with Crippen molar-refractivity contribution in [1.82, 2.24) is 0 Å². The van der Waals surface area contributed by atoms with E-state index in [4.69, 9.17) is 9.47 Å². The Kier molecular flexibility index (Phi) is 10.00. The van der Waals surface area contributed by atoms with Gasteiger partial charge in [-0.25, -0.2) is 0 Å². The number of hydrogen-bond donors (Lipinski definition) is 3. The molecule has 6 fully saturated rings. The van der Waals surface area contributed by atoms with Gasteiger partial charge in [0, 0.05) is 31.1 Å². The molecule has 7 unspecified atom stereocenters. The monoisotopic (exact) mass is 708 g/mol. The molecule has 0 aromatic rings. The quantitative estimate of drug-likeness (QED) is 0.161. The van der Waals surface area contributed by atoms with Gasteiger partial charge in [0.1, 0.15) is 18.5 Å². The van der Waals surface area contributed by atoms with Crippen molar-refractivity contribution in [2.75, 3.05) is 0 Å². The lowest BCUT2D eigenvalue weighted by Gasteiger charge is -2.59. The van der Waals surface area contributed by atoms with E-state index in [1.165, 1.54) is 31.3 Å². The van der Waals surface area contributed by atoms with Crippen molar-refractivity contribution in [1.29, 1.82) is 0 Å². The first-order valence-corrected chi connectivity index (χ1v) is 20.4. The molecule has 8 aliphatic carbocycles. The molecule has 8 nitrogen and oxygen atoms in total. The summed E-state index contributed by atoms with van der Waals surface area (Å²) in [5.74, 6) is 2.61. The molecule has 0 spiro atoms. The zero-order valence-electron chi connectivity index (χ0n) is 31.8. The Bertz CT molecular complexity index is 1430. The third-order valence-corrected chi connectivity index (χ3v) is 16.8. The predicted octanol–water partition coefficient (Wildman–Crippen LogP) is 7.02. The van der Waals surface area contributed by atoms with Gasteiger partial charge in [-0.1, -0.05) is 37.1 Å². The van der Waals surface area contributed by atoms with Crippen molar-refractivity contribution in [3.63, 3.8) is 0 Å². The molecule has 0 saturated heterocycles. The van der Waals surface area contributed by atoms with Crippen LogP contribution in [0.25, 0.3) is 0 Å². The second-order valence-corrected chi connectivity index (χ2v) is 18.8. The van der Waals surface area contributed by atoms with Crippen molar-refractivity contribution in [2.24, 2.45) is 57.2 Å². The van der Waals surface area contributed by atoms with E-state index in [9.17, 15) is 29.7 Å². The summed E-state index contributed by atoms with van der Waals surface area (Å²) >= 11 is 0. The van der Waals surface area contributed by atoms with E-state index in [2.05, 4.69) is 26.0 Å². The van der Waals surface area contributed by atoms with Crippen molar-refractivity contribution in [3.05, 3.63) is 23.3 Å². The molecule has 0 amide bonds. The summed E-state index contributed by atoms with van der Waals surface area (Å²) in [5.41, 5.74) is 2.13. The number of allylic oxidation sites excluding steroid dienone is 2. The molecule has 0 aromatic heterocycles. The molecule has 0 heterocycles. The van der Waals surface area contributed by atoms with Crippen LogP contribution < -0.4 is 0 Å². The summed E-state index contributed by atoms with van der Waals surface area (Å²) in [7, 11) is 0. The highest BCUT2D eigenvalue weighted by molar-refractivity contribution is 5.69.